The van der Waals surface area contributed by atoms with Gasteiger partial charge in [0.15, 0.2) is 0 Å². The molecule has 118 valence electrons. The second kappa shape index (κ2) is 7.25. The second-order valence-corrected chi connectivity index (χ2v) is 6.35. The molecule has 0 aliphatic heterocycles. The van der Waals surface area contributed by atoms with Gasteiger partial charge >= 0.3 is 0 Å². The van der Waals surface area contributed by atoms with Crippen LogP contribution in [0.5, 0.6) is 5.75 Å². The van der Waals surface area contributed by atoms with Crippen molar-refractivity contribution >= 4 is 0 Å². The van der Waals surface area contributed by atoms with E-state index in [1.54, 1.807) is 7.11 Å². The van der Waals surface area contributed by atoms with Crippen molar-refractivity contribution < 1.29 is 14.9 Å². The van der Waals surface area contributed by atoms with Gasteiger partial charge in [-0.1, -0.05) is 31.9 Å². The number of rotatable bonds is 6. The molecule has 0 heterocycles. The summed E-state index contributed by atoms with van der Waals surface area (Å²) in [5, 5.41) is 24.0. The normalized spacial score (nSPS) is 27.3. The molecule has 21 heavy (non-hydrogen) atoms. The molecule has 4 nitrogen and oxygen atoms in total. The lowest BCUT2D eigenvalue weighted by Crippen LogP contribution is -2.44. The van der Waals surface area contributed by atoms with Crippen molar-refractivity contribution in [1.82, 2.24) is 5.32 Å². The Morgan fingerprint density at radius 1 is 1.48 bits per heavy atom. The number of benzene rings is 1. The molecule has 3 unspecified atom stereocenters. The largest absolute Gasteiger partial charge is 0.497 e. The van der Waals surface area contributed by atoms with Gasteiger partial charge in [0, 0.05) is 13.1 Å². The molecular weight excluding hydrogens is 266 g/mol. The van der Waals surface area contributed by atoms with Crippen molar-refractivity contribution in [1.29, 1.82) is 0 Å². The van der Waals surface area contributed by atoms with Crippen molar-refractivity contribution in [3.8, 4) is 5.75 Å². The van der Waals surface area contributed by atoms with E-state index >= 15 is 0 Å². The van der Waals surface area contributed by atoms with Gasteiger partial charge in [-0.2, -0.15) is 0 Å². The number of ether oxygens (including phenoxy) is 1. The van der Waals surface area contributed by atoms with Crippen LogP contribution >= 0.6 is 0 Å². The maximum Gasteiger partial charge on any atom is 0.119 e. The van der Waals surface area contributed by atoms with Gasteiger partial charge in [-0.05, 0) is 36.5 Å². The Hall–Kier alpha value is -1.10. The van der Waals surface area contributed by atoms with Crippen LogP contribution in [-0.4, -0.2) is 36.0 Å². The van der Waals surface area contributed by atoms with Crippen molar-refractivity contribution in [3.05, 3.63) is 29.8 Å². The van der Waals surface area contributed by atoms with Gasteiger partial charge < -0.3 is 20.3 Å². The molecule has 0 aromatic heterocycles. The third kappa shape index (κ3) is 4.70. The first-order chi connectivity index (χ1) is 10.0. The Labute approximate surface area is 127 Å². The molecule has 0 radical (unpaired) electrons. The van der Waals surface area contributed by atoms with Crippen LogP contribution in [0.1, 0.15) is 44.3 Å². The SMILES string of the molecule is COc1cccc(C(O)CNCC2(O)CCCC(C)C2)c1. The van der Waals surface area contributed by atoms with Crippen LogP contribution in [-0.2, 0) is 0 Å². The first-order valence-electron chi connectivity index (χ1n) is 7.77. The Bertz CT molecular complexity index is 451. The summed E-state index contributed by atoms with van der Waals surface area (Å²) in [7, 11) is 1.61. The fourth-order valence-corrected chi connectivity index (χ4v) is 3.20. The van der Waals surface area contributed by atoms with Gasteiger partial charge in [0.2, 0.25) is 0 Å². The lowest BCUT2D eigenvalue weighted by atomic mass is 9.79. The Kier molecular flexibility index (Phi) is 5.62. The van der Waals surface area contributed by atoms with E-state index in [1.807, 2.05) is 24.3 Å². The van der Waals surface area contributed by atoms with E-state index in [9.17, 15) is 10.2 Å². The molecule has 1 aromatic rings. The summed E-state index contributed by atoms with van der Waals surface area (Å²) in [6, 6.07) is 7.44. The maximum atomic E-state index is 10.5. The summed E-state index contributed by atoms with van der Waals surface area (Å²) in [6.07, 6.45) is 3.38. The minimum absolute atomic E-state index is 0.434. The molecule has 4 heteroatoms. The standard InChI is InChI=1S/C17H27NO3/c1-13-5-4-8-17(20,10-13)12-18-11-16(19)14-6-3-7-15(9-14)21-2/h3,6-7,9,13,16,18-20H,4-5,8,10-12H2,1-2H3. The summed E-state index contributed by atoms with van der Waals surface area (Å²) >= 11 is 0. The van der Waals surface area contributed by atoms with Gasteiger partial charge in [-0.15, -0.1) is 0 Å². The van der Waals surface area contributed by atoms with Gasteiger partial charge in [0.25, 0.3) is 0 Å². The van der Waals surface area contributed by atoms with Crippen molar-refractivity contribution in [2.75, 3.05) is 20.2 Å². The monoisotopic (exact) mass is 293 g/mol. The first kappa shape index (κ1) is 16.3. The average molecular weight is 293 g/mol. The van der Waals surface area contributed by atoms with Gasteiger partial charge in [0.05, 0.1) is 18.8 Å². The van der Waals surface area contributed by atoms with Gasteiger partial charge in [-0.3, -0.25) is 0 Å². The van der Waals surface area contributed by atoms with Crippen molar-refractivity contribution in [2.24, 2.45) is 5.92 Å². The predicted molar refractivity (Wildman–Crippen MR) is 83.4 cm³/mol. The van der Waals surface area contributed by atoms with Crippen molar-refractivity contribution in [2.45, 2.75) is 44.3 Å². The molecule has 0 bridgehead atoms. The van der Waals surface area contributed by atoms with Gasteiger partial charge in [0.1, 0.15) is 5.75 Å². The zero-order valence-electron chi connectivity index (χ0n) is 13.0. The van der Waals surface area contributed by atoms with Crippen LogP contribution in [0.25, 0.3) is 0 Å². The lowest BCUT2D eigenvalue weighted by Gasteiger charge is -2.36. The van der Waals surface area contributed by atoms with E-state index in [2.05, 4.69) is 12.2 Å². The van der Waals surface area contributed by atoms with E-state index < -0.39 is 11.7 Å². The van der Waals surface area contributed by atoms with Crippen LogP contribution in [0.15, 0.2) is 24.3 Å². The molecule has 3 atom stereocenters. The first-order valence-corrected chi connectivity index (χ1v) is 7.77. The highest BCUT2D eigenvalue weighted by Gasteiger charge is 2.32. The van der Waals surface area contributed by atoms with Crippen LogP contribution in [0, 0.1) is 5.92 Å². The zero-order valence-corrected chi connectivity index (χ0v) is 13.0. The number of aliphatic hydroxyl groups excluding tert-OH is 1. The quantitative estimate of drug-likeness (QED) is 0.753. The van der Waals surface area contributed by atoms with Gasteiger partial charge in [-0.25, -0.2) is 0 Å². The molecule has 0 spiro atoms. The minimum Gasteiger partial charge on any atom is -0.497 e. The fourth-order valence-electron chi connectivity index (χ4n) is 3.20. The number of hydrogen-bond donors (Lipinski definition) is 3. The highest BCUT2D eigenvalue weighted by atomic mass is 16.5. The molecule has 1 aliphatic carbocycles. The molecule has 1 fully saturated rings. The molecule has 1 saturated carbocycles. The Balaban J connectivity index is 1.82. The molecule has 1 aromatic carbocycles. The number of aliphatic hydroxyl groups is 2. The fraction of sp³-hybridized carbons (Fsp3) is 0.647. The van der Waals surface area contributed by atoms with Crippen LogP contribution in [0.3, 0.4) is 0 Å². The highest BCUT2D eigenvalue weighted by Crippen LogP contribution is 2.31. The summed E-state index contributed by atoms with van der Waals surface area (Å²) in [5.41, 5.74) is 0.206. The average Bonchev–Trinajstić information content (AvgIpc) is 2.46. The number of methoxy groups -OCH3 is 1. The Morgan fingerprint density at radius 3 is 3.00 bits per heavy atom. The predicted octanol–water partition coefficient (Wildman–Crippen LogP) is 2.26. The van der Waals surface area contributed by atoms with Crippen LogP contribution < -0.4 is 10.1 Å². The maximum absolute atomic E-state index is 10.5. The third-order valence-electron chi connectivity index (χ3n) is 4.34. The van der Waals surface area contributed by atoms with E-state index in [4.69, 9.17) is 4.74 Å². The smallest absolute Gasteiger partial charge is 0.119 e. The zero-order chi connectivity index (χ0) is 15.3. The second-order valence-electron chi connectivity index (χ2n) is 6.35. The molecule has 3 N–H and O–H groups in total. The van der Waals surface area contributed by atoms with Crippen LogP contribution in [0.2, 0.25) is 0 Å². The Morgan fingerprint density at radius 2 is 2.29 bits per heavy atom. The van der Waals surface area contributed by atoms with E-state index in [1.165, 1.54) is 6.42 Å². The topological polar surface area (TPSA) is 61.7 Å². The van der Waals surface area contributed by atoms with Crippen LogP contribution in [0.4, 0.5) is 0 Å². The summed E-state index contributed by atoms with van der Waals surface area (Å²) in [6.45, 7) is 3.16. The molecular formula is C17H27NO3. The number of hydrogen-bond acceptors (Lipinski definition) is 4. The number of nitrogens with one attached hydrogen (secondary N) is 1. The third-order valence-corrected chi connectivity index (χ3v) is 4.34. The van der Waals surface area contributed by atoms with E-state index in [0.717, 1.165) is 30.6 Å². The van der Waals surface area contributed by atoms with Crippen molar-refractivity contribution in [3.63, 3.8) is 0 Å². The molecule has 0 saturated heterocycles. The molecule has 2 rings (SSSR count). The molecule has 0 amide bonds. The highest BCUT2D eigenvalue weighted by molar-refractivity contribution is 5.29. The van der Waals surface area contributed by atoms with E-state index in [0.29, 0.717) is 19.0 Å². The summed E-state index contributed by atoms with van der Waals surface area (Å²) in [5.74, 6) is 1.32. The minimum atomic E-state index is -0.619. The van der Waals surface area contributed by atoms with E-state index in [-0.39, 0.29) is 0 Å². The summed E-state index contributed by atoms with van der Waals surface area (Å²) in [4.78, 5) is 0. The lowest BCUT2D eigenvalue weighted by molar-refractivity contribution is -0.0135. The molecule has 1 aliphatic rings. The summed E-state index contributed by atoms with van der Waals surface area (Å²) < 4.78 is 5.16.